The van der Waals surface area contributed by atoms with Gasteiger partial charge in [0.05, 0.1) is 0 Å². The third-order valence-electron chi connectivity index (χ3n) is 2.22. The first-order valence-electron chi connectivity index (χ1n) is 4.48. The number of likely N-dealkylation sites (N-methyl/N-ethyl adjacent to an activating group) is 1. The lowest BCUT2D eigenvalue weighted by Gasteiger charge is -2.32. The lowest BCUT2D eigenvalue weighted by Crippen LogP contribution is -2.47. The largest absolute Gasteiger partial charge is 0.351 e. The van der Waals surface area contributed by atoms with Gasteiger partial charge in [-0.15, -0.1) is 0 Å². The van der Waals surface area contributed by atoms with Gasteiger partial charge in [0.15, 0.2) is 0 Å². The van der Waals surface area contributed by atoms with Crippen molar-refractivity contribution in [2.24, 2.45) is 0 Å². The van der Waals surface area contributed by atoms with Crippen LogP contribution in [0.5, 0.6) is 0 Å². The second-order valence-electron chi connectivity index (χ2n) is 3.92. The molecule has 13 heavy (non-hydrogen) atoms. The van der Waals surface area contributed by atoms with Gasteiger partial charge >= 0.3 is 0 Å². The summed E-state index contributed by atoms with van der Waals surface area (Å²) >= 11 is 0. The number of amides is 1. The molecule has 0 aromatic rings. The number of carbonyl (C=O) groups is 1. The number of rotatable bonds is 4. The van der Waals surface area contributed by atoms with E-state index in [9.17, 15) is 4.79 Å². The third kappa shape index (κ3) is 4.68. The van der Waals surface area contributed by atoms with Crippen molar-refractivity contribution in [3.63, 3.8) is 0 Å². The van der Waals surface area contributed by atoms with Gasteiger partial charge < -0.3 is 10.2 Å². The fraction of sp³-hybridized carbons (Fsp3) is 0.700. The fourth-order valence-corrected chi connectivity index (χ4v) is 0.672. The first kappa shape index (κ1) is 12.2. The minimum Gasteiger partial charge on any atom is -0.351 e. The Morgan fingerprint density at radius 2 is 2.00 bits per heavy atom. The summed E-state index contributed by atoms with van der Waals surface area (Å²) in [6, 6.07) is 0. The van der Waals surface area contributed by atoms with Gasteiger partial charge in [0.1, 0.15) is 0 Å². The van der Waals surface area contributed by atoms with Crippen molar-refractivity contribution in [2.75, 3.05) is 20.6 Å². The van der Waals surface area contributed by atoms with E-state index in [0.717, 1.165) is 0 Å². The van der Waals surface area contributed by atoms with Crippen LogP contribution in [0.25, 0.3) is 0 Å². The highest BCUT2D eigenvalue weighted by Gasteiger charge is 2.20. The highest BCUT2D eigenvalue weighted by atomic mass is 16.1. The second-order valence-corrected chi connectivity index (χ2v) is 3.92. The molecule has 0 aliphatic rings. The van der Waals surface area contributed by atoms with Crippen LogP contribution in [-0.2, 0) is 4.79 Å². The van der Waals surface area contributed by atoms with Gasteiger partial charge in [-0.05, 0) is 40.9 Å². The van der Waals surface area contributed by atoms with Gasteiger partial charge in [-0.25, -0.2) is 0 Å². The summed E-state index contributed by atoms with van der Waals surface area (Å²) in [5.41, 5.74) is -0.00274. The van der Waals surface area contributed by atoms with Crippen molar-refractivity contribution in [1.29, 1.82) is 0 Å². The number of carbonyl (C=O) groups excluding carboxylic acids is 1. The normalized spacial score (nSPS) is 12.5. The van der Waals surface area contributed by atoms with Crippen LogP contribution in [0, 0.1) is 0 Å². The molecule has 0 aliphatic heterocycles. The Labute approximate surface area is 80.8 Å². The number of hydrogen-bond donors (Lipinski definition) is 1. The van der Waals surface area contributed by atoms with Crippen LogP contribution in [0.2, 0.25) is 0 Å². The molecule has 0 heterocycles. The van der Waals surface area contributed by atoms with Gasteiger partial charge in [0, 0.05) is 12.1 Å². The van der Waals surface area contributed by atoms with Crippen LogP contribution >= 0.6 is 0 Å². The van der Waals surface area contributed by atoms with Gasteiger partial charge in [-0.3, -0.25) is 4.79 Å². The molecule has 3 heteroatoms. The maximum Gasteiger partial charge on any atom is 0.243 e. The molecular weight excluding hydrogens is 164 g/mol. The van der Waals surface area contributed by atoms with Crippen molar-refractivity contribution < 1.29 is 4.79 Å². The Morgan fingerprint density at radius 3 is 2.38 bits per heavy atom. The van der Waals surface area contributed by atoms with Crippen molar-refractivity contribution in [1.82, 2.24) is 10.2 Å². The van der Waals surface area contributed by atoms with Crippen LogP contribution in [-0.4, -0.2) is 37.0 Å². The molecule has 0 saturated carbocycles. The summed E-state index contributed by atoms with van der Waals surface area (Å²) in [7, 11) is 4.00. The summed E-state index contributed by atoms with van der Waals surface area (Å²) in [6.45, 7) is 6.66. The lowest BCUT2D eigenvalue weighted by molar-refractivity contribution is -0.117. The van der Waals surface area contributed by atoms with Crippen molar-refractivity contribution in [3.05, 3.63) is 12.2 Å². The van der Waals surface area contributed by atoms with E-state index in [1.54, 1.807) is 6.08 Å². The fourth-order valence-electron chi connectivity index (χ4n) is 0.672. The van der Waals surface area contributed by atoms with E-state index >= 15 is 0 Å². The highest BCUT2D eigenvalue weighted by Crippen LogP contribution is 2.07. The highest BCUT2D eigenvalue weighted by molar-refractivity contribution is 5.87. The molecule has 0 aromatic carbocycles. The van der Waals surface area contributed by atoms with Crippen LogP contribution in [0.15, 0.2) is 12.2 Å². The minimum atomic E-state index is -0.0302. The zero-order valence-corrected chi connectivity index (χ0v) is 9.22. The molecule has 3 nitrogen and oxygen atoms in total. The van der Waals surface area contributed by atoms with E-state index in [0.29, 0.717) is 6.54 Å². The Balaban J connectivity index is 3.95. The molecule has 0 rings (SSSR count). The van der Waals surface area contributed by atoms with E-state index in [1.807, 2.05) is 21.0 Å². The molecule has 0 saturated heterocycles. The molecule has 1 amide bonds. The molecular formula is C10H20N2O. The van der Waals surface area contributed by atoms with Gasteiger partial charge in [-0.1, -0.05) is 6.08 Å². The first-order valence-corrected chi connectivity index (χ1v) is 4.48. The Bertz CT molecular complexity index is 195. The maximum atomic E-state index is 11.1. The van der Waals surface area contributed by atoms with Crippen LogP contribution < -0.4 is 5.32 Å². The summed E-state index contributed by atoms with van der Waals surface area (Å²) in [6.07, 6.45) is 3.27. The minimum absolute atomic E-state index is 0.00274. The summed E-state index contributed by atoms with van der Waals surface area (Å²) < 4.78 is 0. The Kier molecular flexibility index (Phi) is 4.70. The summed E-state index contributed by atoms with van der Waals surface area (Å²) in [5, 5.41) is 2.84. The van der Waals surface area contributed by atoms with Gasteiger partial charge in [0.25, 0.3) is 0 Å². The lowest BCUT2D eigenvalue weighted by atomic mass is 10.0. The summed E-state index contributed by atoms with van der Waals surface area (Å²) in [5.74, 6) is -0.0302. The smallest absolute Gasteiger partial charge is 0.243 e. The SMILES string of the molecule is CC=CC(=O)NCC(C)(C)N(C)C. The monoisotopic (exact) mass is 184 g/mol. The molecule has 0 bridgehead atoms. The molecule has 1 N–H and O–H groups in total. The number of nitrogens with one attached hydrogen (secondary N) is 1. The topological polar surface area (TPSA) is 32.3 Å². The predicted molar refractivity (Wildman–Crippen MR) is 55.6 cm³/mol. The van der Waals surface area contributed by atoms with Crippen LogP contribution in [0.3, 0.4) is 0 Å². The Hall–Kier alpha value is -0.830. The van der Waals surface area contributed by atoms with E-state index in [-0.39, 0.29) is 11.4 Å². The van der Waals surface area contributed by atoms with Gasteiger partial charge in [-0.2, -0.15) is 0 Å². The molecule has 0 aliphatic carbocycles. The Morgan fingerprint density at radius 1 is 1.46 bits per heavy atom. The van der Waals surface area contributed by atoms with E-state index in [1.165, 1.54) is 6.08 Å². The third-order valence-corrected chi connectivity index (χ3v) is 2.22. The van der Waals surface area contributed by atoms with Crippen LogP contribution in [0.1, 0.15) is 20.8 Å². The quantitative estimate of drug-likeness (QED) is 0.662. The zero-order chi connectivity index (χ0) is 10.5. The van der Waals surface area contributed by atoms with Gasteiger partial charge in [0.2, 0.25) is 5.91 Å². The van der Waals surface area contributed by atoms with Crippen LogP contribution in [0.4, 0.5) is 0 Å². The standard InChI is InChI=1S/C10H20N2O/c1-6-7-9(13)11-8-10(2,3)12(4)5/h6-7H,8H2,1-5H3,(H,11,13). The number of hydrogen-bond acceptors (Lipinski definition) is 2. The zero-order valence-electron chi connectivity index (χ0n) is 9.22. The average Bonchev–Trinajstić information content (AvgIpc) is 2.01. The number of nitrogens with zero attached hydrogens (tertiary/aromatic N) is 1. The molecule has 0 radical (unpaired) electrons. The second kappa shape index (κ2) is 5.02. The molecule has 0 unspecified atom stereocenters. The number of allylic oxidation sites excluding steroid dienone is 1. The van der Waals surface area contributed by atoms with Crippen molar-refractivity contribution >= 4 is 5.91 Å². The first-order chi connectivity index (χ1) is 5.90. The molecule has 0 fully saturated rings. The maximum absolute atomic E-state index is 11.1. The van der Waals surface area contributed by atoms with E-state index in [2.05, 4.69) is 24.1 Å². The summed E-state index contributed by atoms with van der Waals surface area (Å²) in [4.78, 5) is 13.2. The van der Waals surface area contributed by atoms with E-state index in [4.69, 9.17) is 0 Å². The van der Waals surface area contributed by atoms with Crippen molar-refractivity contribution in [2.45, 2.75) is 26.3 Å². The van der Waals surface area contributed by atoms with E-state index < -0.39 is 0 Å². The molecule has 0 aromatic heterocycles. The molecule has 0 atom stereocenters. The predicted octanol–water partition coefficient (Wildman–Crippen LogP) is 1.02. The molecule has 0 spiro atoms. The average molecular weight is 184 g/mol. The van der Waals surface area contributed by atoms with Crippen molar-refractivity contribution in [3.8, 4) is 0 Å². The molecule has 76 valence electrons.